The zero-order valence-electron chi connectivity index (χ0n) is 11.3. The van der Waals surface area contributed by atoms with Gasteiger partial charge in [0, 0.05) is 19.1 Å². The van der Waals surface area contributed by atoms with Crippen LogP contribution in [-0.2, 0) is 0 Å². The molecule has 0 unspecified atom stereocenters. The van der Waals surface area contributed by atoms with Crippen molar-refractivity contribution in [3.63, 3.8) is 0 Å². The third-order valence-electron chi connectivity index (χ3n) is 5.45. The monoisotopic (exact) mass is 236 g/mol. The van der Waals surface area contributed by atoms with Crippen LogP contribution >= 0.6 is 0 Å². The Kier molecular flexibility index (Phi) is 3.72. The molecule has 2 nitrogen and oxygen atoms in total. The van der Waals surface area contributed by atoms with Crippen molar-refractivity contribution in [2.75, 3.05) is 26.2 Å². The lowest BCUT2D eigenvalue weighted by Gasteiger charge is -2.35. The maximum atomic E-state index is 3.54. The molecule has 0 spiro atoms. The SMILES string of the molecule is CCCC1CCC(N2C[C@H]3CNC[C@H]3C2)CC1. The van der Waals surface area contributed by atoms with Crippen molar-refractivity contribution >= 4 is 0 Å². The summed E-state index contributed by atoms with van der Waals surface area (Å²) in [6.45, 7) is 7.68. The molecule has 2 atom stereocenters. The zero-order chi connectivity index (χ0) is 11.7. The molecule has 2 heteroatoms. The van der Waals surface area contributed by atoms with E-state index in [0.717, 1.165) is 23.8 Å². The van der Waals surface area contributed by atoms with Gasteiger partial charge in [-0.3, -0.25) is 4.90 Å². The largest absolute Gasteiger partial charge is 0.316 e. The van der Waals surface area contributed by atoms with Crippen LogP contribution < -0.4 is 5.32 Å². The van der Waals surface area contributed by atoms with E-state index in [1.54, 1.807) is 0 Å². The van der Waals surface area contributed by atoms with E-state index in [-0.39, 0.29) is 0 Å². The minimum atomic E-state index is 0.939. The van der Waals surface area contributed by atoms with E-state index < -0.39 is 0 Å². The van der Waals surface area contributed by atoms with Gasteiger partial charge < -0.3 is 5.32 Å². The Morgan fingerprint density at radius 1 is 1.00 bits per heavy atom. The predicted octanol–water partition coefficient (Wildman–Crippen LogP) is 2.50. The topological polar surface area (TPSA) is 15.3 Å². The number of hydrogen-bond donors (Lipinski definition) is 1. The molecular weight excluding hydrogens is 208 g/mol. The molecule has 17 heavy (non-hydrogen) atoms. The first-order valence-electron chi connectivity index (χ1n) is 7.81. The summed E-state index contributed by atoms with van der Waals surface area (Å²) < 4.78 is 0. The number of rotatable bonds is 3. The van der Waals surface area contributed by atoms with Crippen LogP contribution in [0, 0.1) is 17.8 Å². The summed E-state index contributed by atoms with van der Waals surface area (Å²) in [6.07, 6.45) is 8.83. The third-order valence-corrected chi connectivity index (χ3v) is 5.45. The second-order valence-electron chi connectivity index (χ2n) is 6.60. The van der Waals surface area contributed by atoms with Gasteiger partial charge in [0.2, 0.25) is 0 Å². The Hall–Kier alpha value is -0.0800. The third kappa shape index (κ3) is 2.53. The Bertz CT molecular complexity index is 233. The van der Waals surface area contributed by atoms with Gasteiger partial charge in [-0.25, -0.2) is 0 Å². The molecule has 2 heterocycles. The molecule has 3 rings (SSSR count). The van der Waals surface area contributed by atoms with Gasteiger partial charge in [0.25, 0.3) is 0 Å². The lowest BCUT2D eigenvalue weighted by atomic mass is 9.83. The normalized spacial score (nSPS) is 42.9. The Balaban J connectivity index is 1.47. The van der Waals surface area contributed by atoms with Crippen LogP contribution in [0.15, 0.2) is 0 Å². The van der Waals surface area contributed by atoms with Gasteiger partial charge in [0.15, 0.2) is 0 Å². The predicted molar refractivity (Wildman–Crippen MR) is 72.1 cm³/mol. The summed E-state index contributed by atoms with van der Waals surface area (Å²) in [5.74, 6) is 3.01. The summed E-state index contributed by atoms with van der Waals surface area (Å²) >= 11 is 0. The molecule has 3 fully saturated rings. The molecule has 1 N–H and O–H groups in total. The van der Waals surface area contributed by atoms with E-state index in [1.165, 1.54) is 64.7 Å². The number of fused-ring (bicyclic) bond motifs is 1. The van der Waals surface area contributed by atoms with Gasteiger partial charge in [-0.05, 0) is 56.5 Å². The fraction of sp³-hybridized carbons (Fsp3) is 1.00. The lowest BCUT2D eigenvalue weighted by molar-refractivity contribution is 0.152. The first-order chi connectivity index (χ1) is 8.36. The quantitative estimate of drug-likeness (QED) is 0.810. The molecule has 1 aliphatic carbocycles. The molecule has 0 aromatic rings. The lowest BCUT2D eigenvalue weighted by Crippen LogP contribution is -2.38. The Labute approximate surface area is 106 Å². The van der Waals surface area contributed by atoms with E-state index in [1.807, 2.05) is 0 Å². The highest BCUT2D eigenvalue weighted by molar-refractivity contribution is 4.94. The number of nitrogens with one attached hydrogen (secondary N) is 1. The van der Waals surface area contributed by atoms with Gasteiger partial charge in [0.1, 0.15) is 0 Å². The van der Waals surface area contributed by atoms with Crippen LogP contribution in [0.2, 0.25) is 0 Å². The molecule has 0 amide bonds. The summed E-state index contributed by atoms with van der Waals surface area (Å²) in [7, 11) is 0. The smallest absolute Gasteiger partial charge is 0.00957 e. The maximum Gasteiger partial charge on any atom is 0.00957 e. The second kappa shape index (κ2) is 5.27. The van der Waals surface area contributed by atoms with Crippen molar-refractivity contribution in [3.05, 3.63) is 0 Å². The molecule has 2 aliphatic heterocycles. The summed E-state index contributed by atoms with van der Waals surface area (Å²) in [6, 6.07) is 0.939. The fourth-order valence-electron chi connectivity index (χ4n) is 4.40. The maximum absolute atomic E-state index is 3.54. The molecule has 2 saturated heterocycles. The van der Waals surface area contributed by atoms with Crippen molar-refractivity contribution in [3.8, 4) is 0 Å². The number of likely N-dealkylation sites (tertiary alicyclic amines) is 1. The van der Waals surface area contributed by atoms with E-state index in [9.17, 15) is 0 Å². The van der Waals surface area contributed by atoms with Crippen molar-refractivity contribution in [2.24, 2.45) is 17.8 Å². The number of nitrogens with zero attached hydrogens (tertiary/aromatic N) is 1. The van der Waals surface area contributed by atoms with Crippen LogP contribution in [-0.4, -0.2) is 37.1 Å². The Morgan fingerprint density at radius 2 is 1.65 bits per heavy atom. The molecule has 0 aromatic carbocycles. The number of hydrogen-bond acceptors (Lipinski definition) is 2. The first-order valence-corrected chi connectivity index (χ1v) is 7.81. The van der Waals surface area contributed by atoms with E-state index in [4.69, 9.17) is 0 Å². The van der Waals surface area contributed by atoms with E-state index in [0.29, 0.717) is 0 Å². The average Bonchev–Trinajstić information content (AvgIpc) is 2.90. The average molecular weight is 236 g/mol. The molecule has 0 bridgehead atoms. The minimum Gasteiger partial charge on any atom is -0.316 e. The van der Waals surface area contributed by atoms with Gasteiger partial charge in [-0.1, -0.05) is 19.8 Å². The van der Waals surface area contributed by atoms with Crippen molar-refractivity contribution in [1.29, 1.82) is 0 Å². The minimum absolute atomic E-state index is 0.939. The molecule has 98 valence electrons. The highest BCUT2D eigenvalue weighted by Crippen LogP contribution is 2.35. The molecule has 0 radical (unpaired) electrons. The summed E-state index contributed by atoms with van der Waals surface area (Å²) in [5, 5.41) is 3.54. The highest BCUT2D eigenvalue weighted by atomic mass is 15.2. The molecule has 0 aromatic heterocycles. The van der Waals surface area contributed by atoms with Crippen LogP contribution in [0.4, 0.5) is 0 Å². The van der Waals surface area contributed by atoms with Crippen LogP contribution in [0.5, 0.6) is 0 Å². The van der Waals surface area contributed by atoms with Gasteiger partial charge >= 0.3 is 0 Å². The van der Waals surface area contributed by atoms with Crippen molar-refractivity contribution < 1.29 is 0 Å². The van der Waals surface area contributed by atoms with Crippen LogP contribution in [0.25, 0.3) is 0 Å². The van der Waals surface area contributed by atoms with Gasteiger partial charge in [0.05, 0.1) is 0 Å². The highest BCUT2D eigenvalue weighted by Gasteiger charge is 2.39. The standard InChI is InChI=1S/C15H28N2/c1-2-3-12-4-6-15(7-5-12)17-10-13-8-16-9-14(13)11-17/h12-16H,2-11H2,1H3/t12?,13-,14+,15?. The molecular formula is C15H28N2. The van der Waals surface area contributed by atoms with Crippen LogP contribution in [0.3, 0.4) is 0 Å². The van der Waals surface area contributed by atoms with Crippen LogP contribution in [0.1, 0.15) is 45.4 Å². The van der Waals surface area contributed by atoms with E-state index in [2.05, 4.69) is 17.1 Å². The Morgan fingerprint density at radius 3 is 2.24 bits per heavy atom. The first kappa shape index (κ1) is 12.0. The zero-order valence-corrected chi connectivity index (χ0v) is 11.3. The molecule has 1 saturated carbocycles. The fourth-order valence-corrected chi connectivity index (χ4v) is 4.40. The van der Waals surface area contributed by atoms with Crippen molar-refractivity contribution in [1.82, 2.24) is 10.2 Å². The van der Waals surface area contributed by atoms with Gasteiger partial charge in [-0.15, -0.1) is 0 Å². The molecule has 3 aliphatic rings. The van der Waals surface area contributed by atoms with E-state index >= 15 is 0 Å². The van der Waals surface area contributed by atoms with Gasteiger partial charge in [-0.2, -0.15) is 0 Å². The summed E-state index contributed by atoms with van der Waals surface area (Å²) in [4.78, 5) is 2.83. The second-order valence-corrected chi connectivity index (χ2v) is 6.60. The summed E-state index contributed by atoms with van der Waals surface area (Å²) in [5.41, 5.74) is 0. The van der Waals surface area contributed by atoms with Crippen molar-refractivity contribution in [2.45, 2.75) is 51.5 Å².